The van der Waals surface area contributed by atoms with Crippen molar-refractivity contribution in [1.82, 2.24) is 0 Å². The second-order valence-electron chi connectivity index (χ2n) is 22.3. The molecule has 0 radical (unpaired) electrons. The Morgan fingerprint density at radius 3 is 0.783 bits per heavy atom. The molecule has 0 heterocycles. The van der Waals surface area contributed by atoms with Gasteiger partial charge in [-0.2, -0.15) is 0 Å². The summed E-state index contributed by atoms with van der Waals surface area (Å²) < 4.78 is 16.9. The Labute approximate surface area is 512 Å². The third-order valence-corrected chi connectivity index (χ3v) is 14.3. The Kier molecular flexibility index (Phi) is 65.8. The van der Waals surface area contributed by atoms with E-state index in [2.05, 4.69) is 167 Å². The maximum absolute atomic E-state index is 12.9. The van der Waals surface area contributed by atoms with Gasteiger partial charge in [0.05, 0.1) is 0 Å². The summed E-state index contributed by atoms with van der Waals surface area (Å²) in [4.78, 5) is 38.4. The molecule has 0 N–H and O–H groups in total. The molecule has 1 atom stereocenters. The van der Waals surface area contributed by atoms with E-state index in [1.54, 1.807) is 0 Å². The summed E-state index contributed by atoms with van der Waals surface area (Å²) in [5.74, 6) is -0.979. The van der Waals surface area contributed by atoms with Gasteiger partial charge in [0.25, 0.3) is 0 Å². The molecule has 6 nitrogen and oxygen atoms in total. The molecule has 0 aliphatic carbocycles. The zero-order valence-electron chi connectivity index (χ0n) is 53.9. The first kappa shape index (κ1) is 78.3. The Morgan fingerprint density at radius 2 is 0.470 bits per heavy atom. The van der Waals surface area contributed by atoms with Crippen molar-refractivity contribution in [3.05, 3.63) is 146 Å². The molecule has 0 aliphatic rings. The van der Waals surface area contributed by atoms with Gasteiger partial charge >= 0.3 is 17.9 Å². The number of hydrogen-bond donors (Lipinski definition) is 0. The van der Waals surface area contributed by atoms with Gasteiger partial charge in [-0.3, -0.25) is 14.4 Å². The minimum Gasteiger partial charge on any atom is -0.462 e. The number of allylic oxidation sites excluding steroid dienone is 24. The first-order chi connectivity index (χ1) is 41.0. The molecule has 0 aromatic rings. The van der Waals surface area contributed by atoms with E-state index >= 15 is 0 Å². The van der Waals surface area contributed by atoms with E-state index in [1.807, 2.05) is 0 Å². The summed E-state index contributed by atoms with van der Waals surface area (Å²) >= 11 is 0. The van der Waals surface area contributed by atoms with Crippen molar-refractivity contribution in [2.45, 2.75) is 309 Å². The molecule has 0 bridgehead atoms. The smallest absolute Gasteiger partial charge is 0.306 e. The van der Waals surface area contributed by atoms with Crippen molar-refractivity contribution in [2.75, 3.05) is 13.2 Å². The highest BCUT2D eigenvalue weighted by atomic mass is 16.6. The molecule has 0 rings (SSSR count). The van der Waals surface area contributed by atoms with E-state index in [0.717, 1.165) is 128 Å². The zero-order valence-corrected chi connectivity index (χ0v) is 53.9. The van der Waals surface area contributed by atoms with Crippen LogP contribution in [0.4, 0.5) is 0 Å². The lowest BCUT2D eigenvalue weighted by Gasteiger charge is -2.18. The average molecular weight is 1150 g/mol. The van der Waals surface area contributed by atoms with Gasteiger partial charge in [0.1, 0.15) is 13.2 Å². The number of esters is 3. The van der Waals surface area contributed by atoms with Crippen LogP contribution in [-0.4, -0.2) is 37.2 Å². The Balaban J connectivity index is 4.41. The van der Waals surface area contributed by atoms with Crippen molar-refractivity contribution in [3.8, 4) is 0 Å². The predicted molar refractivity (Wildman–Crippen MR) is 362 cm³/mol. The van der Waals surface area contributed by atoms with Crippen LogP contribution < -0.4 is 0 Å². The van der Waals surface area contributed by atoms with Crippen molar-refractivity contribution in [3.63, 3.8) is 0 Å². The summed E-state index contributed by atoms with van der Waals surface area (Å²) in [7, 11) is 0. The summed E-state index contributed by atoms with van der Waals surface area (Å²) in [6.07, 6.45) is 100. The molecule has 0 spiro atoms. The van der Waals surface area contributed by atoms with Gasteiger partial charge in [-0.15, -0.1) is 0 Å². The lowest BCUT2D eigenvalue weighted by Crippen LogP contribution is -2.30. The highest BCUT2D eigenvalue weighted by Gasteiger charge is 2.19. The van der Waals surface area contributed by atoms with E-state index in [-0.39, 0.29) is 31.1 Å². The molecule has 470 valence electrons. The van der Waals surface area contributed by atoms with Crippen LogP contribution in [0.25, 0.3) is 0 Å². The molecule has 0 amide bonds. The second kappa shape index (κ2) is 69.8. The molecule has 83 heavy (non-hydrogen) atoms. The van der Waals surface area contributed by atoms with Gasteiger partial charge in [-0.1, -0.05) is 289 Å². The fourth-order valence-corrected chi connectivity index (χ4v) is 9.23. The fourth-order valence-electron chi connectivity index (χ4n) is 9.23. The summed E-state index contributed by atoms with van der Waals surface area (Å²) in [5.41, 5.74) is 0. The van der Waals surface area contributed by atoms with Crippen LogP contribution >= 0.6 is 0 Å². The number of carbonyl (C=O) groups is 3. The predicted octanol–water partition coefficient (Wildman–Crippen LogP) is 23.9. The van der Waals surface area contributed by atoms with Gasteiger partial charge in [0.2, 0.25) is 0 Å². The number of hydrogen-bond acceptors (Lipinski definition) is 6. The van der Waals surface area contributed by atoms with Gasteiger partial charge in [-0.25, -0.2) is 0 Å². The molecule has 0 aromatic heterocycles. The lowest BCUT2D eigenvalue weighted by atomic mass is 10.0. The van der Waals surface area contributed by atoms with Gasteiger partial charge in [-0.05, 0) is 141 Å². The van der Waals surface area contributed by atoms with Crippen LogP contribution in [0.5, 0.6) is 0 Å². The summed E-state index contributed by atoms with van der Waals surface area (Å²) in [6, 6.07) is 0. The monoisotopic (exact) mass is 1150 g/mol. The minimum atomic E-state index is -0.816. The van der Waals surface area contributed by atoms with Gasteiger partial charge in [0.15, 0.2) is 6.10 Å². The molecular formula is C77H126O6. The molecule has 0 fully saturated rings. The number of ether oxygens (including phenoxy) is 3. The van der Waals surface area contributed by atoms with Gasteiger partial charge in [0, 0.05) is 19.3 Å². The Hall–Kier alpha value is -4.71. The van der Waals surface area contributed by atoms with Gasteiger partial charge < -0.3 is 14.2 Å². The van der Waals surface area contributed by atoms with Crippen molar-refractivity contribution in [1.29, 1.82) is 0 Å². The Morgan fingerprint density at radius 1 is 0.253 bits per heavy atom. The first-order valence-corrected chi connectivity index (χ1v) is 34.3. The van der Waals surface area contributed by atoms with Crippen LogP contribution in [0.3, 0.4) is 0 Å². The molecule has 0 saturated heterocycles. The highest BCUT2D eigenvalue weighted by molar-refractivity contribution is 5.71. The first-order valence-electron chi connectivity index (χ1n) is 34.3. The number of carbonyl (C=O) groups excluding carboxylic acids is 3. The molecule has 1 unspecified atom stereocenters. The fraction of sp³-hybridized carbons (Fsp3) is 0.649. The summed E-state index contributed by atoms with van der Waals surface area (Å²) in [5, 5.41) is 0. The second-order valence-corrected chi connectivity index (χ2v) is 22.3. The van der Waals surface area contributed by atoms with E-state index < -0.39 is 6.10 Å². The molecule has 0 aromatic carbocycles. The Bertz CT molecular complexity index is 1800. The SMILES string of the molecule is CC/C=C\C/C=C\C/C=C\C/C=C\C/C=C\C/C=C\C/C=C\C/C=C\CCCCC(=O)OCC(COC(=O)CCCCC/C=C\C/C=C\C/C=C\CC)OC(=O)CCCCCCCCCCCCCCC/C=C\CCCCCCCCCC. The molecule has 6 heteroatoms. The summed E-state index contributed by atoms with van der Waals surface area (Å²) in [6.45, 7) is 6.36. The third-order valence-electron chi connectivity index (χ3n) is 14.3. The molecular weight excluding hydrogens is 1020 g/mol. The van der Waals surface area contributed by atoms with Crippen molar-refractivity contribution in [2.24, 2.45) is 0 Å². The normalized spacial score (nSPS) is 13.0. The van der Waals surface area contributed by atoms with E-state index in [1.165, 1.54) is 128 Å². The van der Waals surface area contributed by atoms with Crippen LogP contribution in [0, 0.1) is 0 Å². The number of unbranched alkanes of at least 4 members (excludes halogenated alkanes) is 26. The van der Waals surface area contributed by atoms with Crippen LogP contribution in [0.2, 0.25) is 0 Å². The standard InChI is InChI=1S/C77H126O6/c1-4-7-10-13-16-19-22-25-27-29-31-33-35-37-38-40-41-43-45-47-49-52-55-58-61-64-67-70-76(79)82-73-74(72-81-75(78)69-66-63-60-57-54-51-24-21-18-15-12-9-6-3)83-77(80)71-68-65-62-59-56-53-50-48-46-44-42-39-36-34-32-30-28-26-23-20-17-14-11-8-5-2/h7,9-10,12,16,18-19,21,25,27,30-33,37-38,41,43,47,49,51,54-55,58,74H,4-6,8,11,13-15,17,20,22-24,26,28-29,34-36,39-40,42,44-46,48,50,52-53,56-57,59-73H2,1-3H3/b10-7-,12-9-,19-16-,21-18-,27-25-,32-30-,33-31-,38-37-,43-41-,49-47-,54-51-,58-55-. The van der Waals surface area contributed by atoms with Crippen molar-refractivity contribution < 1.29 is 28.6 Å². The van der Waals surface area contributed by atoms with E-state index in [4.69, 9.17) is 14.2 Å². The maximum Gasteiger partial charge on any atom is 0.306 e. The van der Waals surface area contributed by atoms with Crippen LogP contribution in [0.15, 0.2) is 146 Å². The average Bonchev–Trinajstić information content (AvgIpc) is 3.49. The van der Waals surface area contributed by atoms with E-state index in [0.29, 0.717) is 25.7 Å². The third kappa shape index (κ3) is 68.0. The van der Waals surface area contributed by atoms with E-state index in [9.17, 15) is 14.4 Å². The van der Waals surface area contributed by atoms with Crippen LogP contribution in [0.1, 0.15) is 303 Å². The van der Waals surface area contributed by atoms with Crippen molar-refractivity contribution >= 4 is 17.9 Å². The lowest BCUT2D eigenvalue weighted by molar-refractivity contribution is -0.167. The topological polar surface area (TPSA) is 78.9 Å². The number of rotatable bonds is 61. The zero-order chi connectivity index (χ0) is 59.9. The highest BCUT2D eigenvalue weighted by Crippen LogP contribution is 2.16. The van der Waals surface area contributed by atoms with Crippen LogP contribution in [-0.2, 0) is 28.6 Å². The largest absolute Gasteiger partial charge is 0.462 e. The maximum atomic E-state index is 12.9. The molecule has 0 aliphatic heterocycles. The molecule has 0 saturated carbocycles. The minimum absolute atomic E-state index is 0.111. The quantitative estimate of drug-likeness (QED) is 0.0261.